The molecule has 0 radical (unpaired) electrons. The lowest BCUT2D eigenvalue weighted by Gasteiger charge is -2.31. The van der Waals surface area contributed by atoms with Crippen LogP contribution >= 0.6 is 11.6 Å². The van der Waals surface area contributed by atoms with Crippen molar-refractivity contribution >= 4 is 34.9 Å². The van der Waals surface area contributed by atoms with Crippen molar-refractivity contribution in [1.29, 1.82) is 0 Å². The number of carbonyl (C=O) groups is 1. The van der Waals surface area contributed by atoms with E-state index in [1.807, 2.05) is 37.3 Å². The third-order valence-corrected chi connectivity index (χ3v) is 4.32. The number of nitrogens with one attached hydrogen (secondary N) is 1. The van der Waals surface area contributed by atoms with Gasteiger partial charge in [-0.3, -0.25) is 4.79 Å². The normalized spacial score (nSPS) is 15.3. The maximum Gasteiger partial charge on any atom is 0.306 e. The number of halogens is 1. The van der Waals surface area contributed by atoms with Crippen LogP contribution in [0.15, 0.2) is 30.3 Å². The van der Waals surface area contributed by atoms with Crippen molar-refractivity contribution in [3.05, 3.63) is 41.2 Å². The number of rotatable bonds is 4. The first kappa shape index (κ1) is 16.5. The molecule has 1 saturated heterocycles. The van der Waals surface area contributed by atoms with Gasteiger partial charge >= 0.3 is 5.97 Å². The Morgan fingerprint density at radius 2 is 2.04 bits per heavy atom. The molecule has 24 heavy (non-hydrogen) atoms. The monoisotopic (exact) mass is 346 g/mol. The molecule has 7 heteroatoms. The summed E-state index contributed by atoms with van der Waals surface area (Å²) in [5.41, 5.74) is 0.858. The molecule has 2 aromatic rings. The highest BCUT2D eigenvalue weighted by Crippen LogP contribution is 2.25. The fraction of sp³-hybridized carbons (Fsp3) is 0.353. The van der Waals surface area contributed by atoms with Crippen LogP contribution in [-0.2, 0) is 4.79 Å². The van der Waals surface area contributed by atoms with E-state index in [2.05, 4.69) is 20.2 Å². The molecule has 2 N–H and O–H groups in total. The minimum Gasteiger partial charge on any atom is -0.481 e. The Hall–Kier alpha value is -2.34. The quantitative estimate of drug-likeness (QED) is 0.882. The van der Waals surface area contributed by atoms with Crippen LogP contribution in [0, 0.1) is 12.8 Å². The Kier molecular flexibility index (Phi) is 4.85. The summed E-state index contributed by atoms with van der Waals surface area (Å²) in [6.07, 6.45) is 1.27. The van der Waals surface area contributed by atoms with E-state index in [1.54, 1.807) is 0 Å². The van der Waals surface area contributed by atoms with Gasteiger partial charge in [0.15, 0.2) is 0 Å². The Morgan fingerprint density at radius 3 is 2.71 bits per heavy atom. The second-order valence-corrected chi connectivity index (χ2v) is 6.33. The molecule has 1 aliphatic rings. The summed E-state index contributed by atoms with van der Waals surface area (Å²) in [6, 6.07) is 9.32. The number of hydrogen-bond donors (Lipinski definition) is 2. The van der Waals surface area contributed by atoms with Gasteiger partial charge in [0, 0.05) is 29.9 Å². The summed E-state index contributed by atoms with van der Waals surface area (Å²) in [6.45, 7) is 3.21. The van der Waals surface area contributed by atoms with E-state index >= 15 is 0 Å². The van der Waals surface area contributed by atoms with Crippen molar-refractivity contribution in [2.45, 2.75) is 19.8 Å². The molecule has 1 aliphatic heterocycles. The number of piperidine rings is 1. The van der Waals surface area contributed by atoms with Gasteiger partial charge in [0.2, 0.25) is 0 Å². The Balaban J connectivity index is 1.76. The molecule has 0 aliphatic carbocycles. The van der Waals surface area contributed by atoms with E-state index < -0.39 is 5.97 Å². The highest BCUT2D eigenvalue weighted by molar-refractivity contribution is 6.30. The highest BCUT2D eigenvalue weighted by Gasteiger charge is 2.25. The molecule has 1 aromatic carbocycles. The minimum absolute atomic E-state index is 0.256. The Labute approximate surface area is 145 Å². The summed E-state index contributed by atoms with van der Waals surface area (Å²) in [4.78, 5) is 22.1. The number of aliphatic carboxylic acids is 1. The van der Waals surface area contributed by atoms with Crippen molar-refractivity contribution in [1.82, 2.24) is 9.97 Å². The van der Waals surface area contributed by atoms with Crippen LogP contribution in [0.2, 0.25) is 5.02 Å². The SMILES string of the molecule is Cc1nc(Nc2cccc(Cl)c2)cc(N2CCC(C(=O)O)CC2)n1. The first-order chi connectivity index (χ1) is 11.5. The van der Waals surface area contributed by atoms with Crippen LogP contribution in [0.3, 0.4) is 0 Å². The summed E-state index contributed by atoms with van der Waals surface area (Å²) in [5, 5.41) is 13.0. The van der Waals surface area contributed by atoms with Crippen molar-refractivity contribution < 1.29 is 9.90 Å². The molecule has 0 saturated carbocycles. The highest BCUT2D eigenvalue weighted by atomic mass is 35.5. The van der Waals surface area contributed by atoms with Gasteiger partial charge in [-0.05, 0) is 38.0 Å². The molecule has 0 atom stereocenters. The number of aryl methyl sites for hydroxylation is 1. The Morgan fingerprint density at radius 1 is 1.29 bits per heavy atom. The zero-order chi connectivity index (χ0) is 17.1. The molecule has 2 heterocycles. The van der Waals surface area contributed by atoms with Crippen molar-refractivity contribution in [2.24, 2.45) is 5.92 Å². The van der Waals surface area contributed by atoms with Gasteiger partial charge in [0.25, 0.3) is 0 Å². The summed E-state index contributed by atoms with van der Waals surface area (Å²) in [7, 11) is 0. The van der Waals surface area contributed by atoms with Crippen LogP contribution in [0.25, 0.3) is 0 Å². The lowest BCUT2D eigenvalue weighted by atomic mass is 9.97. The lowest BCUT2D eigenvalue weighted by molar-refractivity contribution is -0.142. The number of aromatic nitrogens is 2. The van der Waals surface area contributed by atoms with Crippen LogP contribution in [0.4, 0.5) is 17.3 Å². The molecule has 0 bridgehead atoms. The van der Waals surface area contributed by atoms with Crippen molar-refractivity contribution in [3.8, 4) is 0 Å². The van der Waals surface area contributed by atoms with E-state index in [0.29, 0.717) is 42.6 Å². The van der Waals surface area contributed by atoms with Gasteiger partial charge in [0.05, 0.1) is 5.92 Å². The molecule has 126 valence electrons. The van der Waals surface area contributed by atoms with Crippen molar-refractivity contribution in [3.63, 3.8) is 0 Å². The second-order valence-electron chi connectivity index (χ2n) is 5.89. The standard InChI is InChI=1S/C17H19ClN4O2/c1-11-19-15(21-14-4-2-3-13(18)9-14)10-16(20-11)22-7-5-12(6-8-22)17(23)24/h2-4,9-10,12H,5-8H2,1H3,(H,23,24)(H,19,20,21). The molecule has 1 fully saturated rings. The fourth-order valence-electron chi connectivity index (χ4n) is 2.85. The van der Waals surface area contributed by atoms with Gasteiger partial charge in [0.1, 0.15) is 17.5 Å². The molecular formula is C17H19ClN4O2. The maximum absolute atomic E-state index is 11.1. The van der Waals surface area contributed by atoms with Gasteiger partial charge in [-0.2, -0.15) is 0 Å². The number of hydrogen-bond acceptors (Lipinski definition) is 5. The molecule has 3 rings (SSSR count). The van der Waals surface area contributed by atoms with Crippen LogP contribution in [-0.4, -0.2) is 34.1 Å². The summed E-state index contributed by atoms with van der Waals surface area (Å²) < 4.78 is 0. The average molecular weight is 347 g/mol. The number of carboxylic acids is 1. The fourth-order valence-corrected chi connectivity index (χ4v) is 3.04. The van der Waals surface area contributed by atoms with E-state index in [0.717, 1.165) is 11.5 Å². The lowest BCUT2D eigenvalue weighted by Crippen LogP contribution is -2.36. The average Bonchev–Trinajstić information content (AvgIpc) is 2.54. The van der Waals surface area contributed by atoms with Gasteiger partial charge < -0.3 is 15.3 Å². The number of nitrogens with zero attached hydrogens (tertiary/aromatic N) is 3. The second kappa shape index (κ2) is 7.05. The maximum atomic E-state index is 11.1. The van der Waals surface area contributed by atoms with E-state index in [-0.39, 0.29) is 5.92 Å². The van der Waals surface area contributed by atoms with Crippen LogP contribution in [0.5, 0.6) is 0 Å². The number of anilines is 3. The van der Waals surface area contributed by atoms with Crippen molar-refractivity contribution in [2.75, 3.05) is 23.3 Å². The first-order valence-corrected chi connectivity index (χ1v) is 8.25. The molecule has 0 unspecified atom stereocenters. The Bertz CT molecular complexity index is 745. The van der Waals surface area contributed by atoms with E-state index in [1.165, 1.54) is 0 Å². The predicted molar refractivity (Wildman–Crippen MR) is 94.1 cm³/mol. The number of benzene rings is 1. The summed E-state index contributed by atoms with van der Waals surface area (Å²) in [5.74, 6) is 1.21. The van der Waals surface area contributed by atoms with Gasteiger partial charge in [-0.25, -0.2) is 9.97 Å². The van der Waals surface area contributed by atoms with Crippen LogP contribution < -0.4 is 10.2 Å². The van der Waals surface area contributed by atoms with Gasteiger partial charge in [-0.1, -0.05) is 17.7 Å². The third-order valence-electron chi connectivity index (χ3n) is 4.09. The van der Waals surface area contributed by atoms with E-state index in [9.17, 15) is 4.79 Å². The predicted octanol–water partition coefficient (Wildman–Crippen LogP) is 3.48. The molecule has 6 nitrogen and oxygen atoms in total. The smallest absolute Gasteiger partial charge is 0.306 e. The largest absolute Gasteiger partial charge is 0.481 e. The third kappa shape index (κ3) is 3.94. The first-order valence-electron chi connectivity index (χ1n) is 7.87. The molecule has 0 amide bonds. The molecule has 1 aromatic heterocycles. The van der Waals surface area contributed by atoms with Crippen LogP contribution in [0.1, 0.15) is 18.7 Å². The topological polar surface area (TPSA) is 78.4 Å². The molecule has 0 spiro atoms. The van der Waals surface area contributed by atoms with Gasteiger partial charge in [-0.15, -0.1) is 0 Å². The zero-order valence-corrected chi connectivity index (χ0v) is 14.1. The molecular weight excluding hydrogens is 328 g/mol. The summed E-state index contributed by atoms with van der Waals surface area (Å²) >= 11 is 6.01. The number of carboxylic acid groups (broad SMARTS) is 1. The van der Waals surface area contributed by atoms with E-state index in [4.69, 9.17) is 16.7 Å². The zero-order valence-electron chi connectivity index (χ0n) is 13.4. The minimum atomic E-state index is -0.711.